The third-order valence-electron chi connectivity index (χ3n) is 5.76. The quantitative estimate of drug-likeness (QED) is 0.347. The van der Waals surface area contributed by atoms with Crippen molar-refractivity contribution in [1.29, 1.82) is 0 Å². The number of rotatable bonds is 7. The number of nitrogens with zero attached hydrogens (tertiary/aromatic N) is 3. The van der Waals surface area contributed by atoms with E-state index in [1.54, 1.807) is 24.5 Å². The van der Waals surface area contributed by atoms with Crippen LogP contribution >= 0.6 is 24.8 Å². The Kier molecular flexibility index (Phi) is 9.59. The lowest BCUT2D eigenvalue weighted by molar-refractivity contribution is 0.0937. The normalized spacial score (nSPS) is 11.6. The first-order chi connectivity index (χ1) is 15.4. The molecular weight excluding hydrogens is 471 g/mol. The minimum atomic E-state index is -0.191. The number of pyridine rings is 2. The summed E-state index contributed by atoms with van der Waals surface area (Å²) < 4.78 is 1.47. The number of halogens is 2. The van der Waals surface area contributed by atoms with Crippen molar-refractivity contribution in [2.45, 2.75) is 52.0 Å². The van der Waals surface area contributed by atoms with Crippen molar-refractivity contribution in [3.8, 4) is 0 Å². The van der Waals surface area contributed by atoms with Crippen molar-refractivity contribution in [3.05, 3.63) is 88.1 Å². The summed E-state index contributed by atoms with van der Waals surface area (Å²) in [7, 11) is 0. The van der Waals surface area contributed by atoms with Crippen LogP contribution in [-0.4, -0.2) is 26.3 Å². The molecule has 0 saturated carbocycles. The zero-order chi connectivity index (χ0) is 22.7. The Labute approximate surface area is 211 Å². The van der Waals surface area contributed by atoms with Crippen molar-refractivity contribution in [2.75, 3.05) is 0 Å². The summed E-state index contributed by atoms with van der Waals surface area (Å²) in [5.74, 6) is 0.125. The minimum absolute atomic E-state index is 0. The average molecular weight is 501 g/mol. The lowest BCUT2D eigenvalue weighted by atomic mass is 10.0. The number of hydrogen-bond donors (Lipinski definition) is 1. The second kappa shape index (κ2) is 12.0. The summed E-state index contributed by atoms with van der Waals surface area (Å²) in [6.45, 7) is 6.18. The molecule has 180 valence electrons. The fraction of sp³-hybridized carbons (Fsp3) is 0.308. The molecule has 8 heteroatoms. The van der Waals surface area contributed by atoms with Crippen LogP contribution in [0.1, 0.15) is 61.0 Å². The predicted octanol–water partition coefficient (Wildman–Crippen LogP) is 5.35. The molecule has 1 unspecified atom stereocenters. The maximum atomic E-state index is 13.1. The summed E-state index contributed by atoms with van der Waals surface area (Å²) in [4.78, 5) is 34.6. The van der Waals surface area contributed by atoms with Crippen LogP contribution in [0.3, 0.4) is 0 Å². The first kappa shape index (κ1) is 27.3. The lowest BCUT2D eigenvalue weighted by Gasteiger charge is -2.14. The Morgan fingerprint density at radius 1 is 1.09 bits per heavy atom. The Balaban J connectivity index is 0.00000204. The molecule has 1 N–H and O–H groups in total. The maximum Gasteiger partial charge on any atom is 0.265 e. The number of carbonyl (C=O) groups is 1. The Bertz CT molecular complexity index is 1320. The molecule has 6 nitrogen and oxygen atoms in total. The van der Waals surface area contributed by atoms with Gasteiger partial charge in [-0.2, -0.15) is 0 Å². The summed E-state index contributed by atoms with van der Waals surface area (Å²) in [6, 6.07) is 13.3. The van der Waals surface area contributed by atoms with Gasteiger partial charge in [0.2, 0.25) is 0 Å². The van der Waals surface area contributed by atoms with Gasteiger partial charge in [0.1, 0.15) is 5.65 Å². The van der Waals surface area contributed by atoms with Crippen molar-refractivity contribution < 1.29 is 4.79 Å². The standard InChI is InChI=1S/C26H28N4O2.2ClH/c1-17(2)20-9-11-23-22(14-20)26(32)30-16-21(10-12-24(30)29-23)25(31)28-18(3)6-4-7-19-8-5-13-27-15-19;;/h5,8-18H,4,6-7H2,1-3H3,(H,28,31);2*1H. The molecule has 0 saturated heterocycles. The van der Waals surface area contributed by atoms with Gasteiger partial charge in [0.05, 0.1) is 16.5 Å². The van der Waals surface area contributed by atoms with Gasteiger partial charge in [-0.3, -0.25) is 19.0 Å². The van der Waals surface area contributed by atoms with Gasteiger partial charge in [0.25, 0.3) is 11.5 Å². The van der Waals surface area contributed by atoms with E-state index in [0.717, 1.165) is 24.8 Å². The van der Waals surface area contributed by atoms with Crippen molar-refractivity contribution >= 4 is 47.3 Å². The third-order valence-corrected chi connectivity index (χ3v) is 5.76. The van der Waals surface area contributed by atoms with Gasteiger partial charge >= 0.3 is 0 Å². The molecule has 1 atom stereocenters. The van der Waals surface area contributed by atoms with Crippen LogP contribution in [0.2, 0.25) is 0 Å². The number of hydrogen-bond acceptors (Lipinski definition) is 4. The molecular formula is C26H30Cl2N4O2. The van der Waals surface area contributed by atoms with E-state index >= 15 is 0 Å². The number of amides is 1. The highest BCUT2D eigenvalue weighted by Crippen LogP contribution is 2.19. The topological polar surface area (TPSA) is 76.4 Å². The molecule has 1 aromatic carbocycles. The fourth-order valence-electron chi connectivity index (χ4n) is 3.85. The number of nitrogens with one attached hydrogen (secondary N) is 1. The number of benzene rings is 1. The highest BCUT2D eigenvalue weighted by atomic mass is 35.5. The smallest absolute Gasteiger partial charge is 0.265 e. The minimum Gasteiger partial charge on any atom is -0.350 e. The zero-order valence-electron chi connectivity index (χ0n) is 19.5. The molecule has 4 rings (SSSR count). The summed E-state index contributed by atoms with van der Waals surface area (Å²) >= 11 is 0. The molecule has 3 aromatic heterocycles. The molecule has 0 radical (unpaired) electrons. The fourth-order valence-corrected chi connectivity index (χ4v) is 3.85. The second-order valence-electron chi connectivity index (χ2n) is 8.62. The predicted molar refractivity (Wildman–Crippen MR) is 142 cm³/mol. The van der Waals surface area contributed by atoms with E-state index in [9.17, 15) is 9.59 Å². The monoisotopic (exact) mass is 500 g/mol. The van der Waals surface area contributed by atoms with Gasteiger partial charge in [0.15, 0.2) is 0 Å². The van der Waals surface area contributed by atoms with Crippen LogP contribution < -0.4 is 10.9 Å². The van der Waals surface area contributed by atoms with Crippen molar-refractivity contribution in [2.24, 2.45) is 0 Å². The zero-order valence-corrected chi connectivity index (χ0v) is 21.2. The van der Waals surface area contributed by atoms with Gasteiger partial charge in [0, 0.05) is 24.6 Å². The van der Waals surface area contributed by atoms with Crippen molar-refractivity contribution in [1.82, 2.24) is 19.7 Å². The Hall–Kier alpha value is -2.96. The van der Waals surface area contributed by atoms with Gasteiger partial charge in [-0.1, -0.05) is 26.0 Å². The molecule has 0 aliphatic heterocycles. The van der Waals surface area contributed by atoms with Crippen LogP contribution in [0.5, 0.6) is 0 Å². The van der Waals surface area contributed by atoms with Crippen LogP contribution in [0.4, 0.5) is 0 Å². The van der Waals surface area contributed by atoms with E-state index in [1.807, 2.05) is 37.4 Å². The van der Waals surface area contributed by atoms with E-state index in [0.29, 0.717) is 28.0 Å². The molecule has 0 fully saturated rings. The number of aromatic nitrogens is 3. The van der Waals surface area contributed by atoms with E-state index in [4.69, 9.17) is 0 Å². The number of fused-ring (bicyclic) bond motifs is 2. The average Bonchev–Trinajstić information content (AvgIpc) is 2.79. The van der Waals surface area contributed by atoms with Crippen LogP contribution in [0, 0.1) is 0 Å². The van der Waals surface area contributed by atoms with Gasteiger partial charge < -0.3 is 5.32 Å². The van der Waals surface area contributed by atoms with Crippen LogP contribution in [-0.2, 0) is 6.42 Å². The molecule has 3 heterocycles. The Morgan fingerprint density at radius 2 is 1.88 bits per heavy atom. The molecule has 0 spiro atoms. The third kappa shape index (κ3) is 6.13. The van der Waals surface area contributed by atoms with Crippen LogP contribution in [0.15, 0.2) is 65.8 Å². The SMILES string of the molecule is CC(CCCc1cccnc1)NC(=O)c1ccc2nc3ccc(C(C)C)cc3c(=O)n2c1.Cl.Cl. The highest BCUT2D eigenvalue weighted by molar-refractivity contribution is 5.94. The van der Waals surface area contributed by atoms with Crippen LogP contribution in [0.25, 0.3) is 16.6 Å². The molecule has 1 amide bonds. The molecule has 4 aromatic rings. The van der Waals surface area contributed by atoms with Gasteiger partial charge in [-0.15, -0.1) is 24.8 Å². The first-order valence-electron chi connectivity index (χ1n) is 11.1. The van der Waals surface area contributed by atoms with E-state index < -0.39 is 0 Å². The maximum absolute atomic E-state index is 13.1. The first-order valence-corrected chi connectivity index (χ1v) is 11.1. The lowest BCUT2D eigenvalue weighted by Crippen LogP contribution is -2.33. The van der Waals surface area contributed by atoms with Gasteiger partial charge in [-0.05, 0) is 73.6 Å². The number of aryl methyl sites for hydroxylation is 1. The van der Waals surface area contributed by atoms with Crippen molar-refractivity contribution in [3.63, 3.8) is 0 Å². The second-order valence-corrected chi connectivity index (χ2v) is 8.62. The largest absolute Gasteiger partial charge is 0.350 e. The molecule has 34 heavy (non-hydrogen) atoms. The molecule has 0 aliphatic carbocycles. The number of carbonyl (C=O) groups excluding carboxylic acids is 1. The van der Waals surface area contributed by atoms with E-state index in [1.165, 1.54) is 9.96 Å². The molecule has 0 aliphatic rings. The summed E-state index contributed by atoms with van der Waals surface area (Å²) in [5.41, 5.74) is 3.76. The highest BCUT2D eigenvalue weighted by Gasteiger charge is 2.13. The van der Waals surface area contributed by atoms with E-state index in [2.05, 4.69) is 35.2 Å². The summed E-state index contributed by atoms with van der Waals surface area (Å²) in [6.07, 6.45) is 7.97. The van der Waals surface area contributed by atoms with Gasteiger partial charge in [-0.25, -0.2) is 4.98 Å². The summed E-state index contributed by atoms with van der Waals surface area (Å²) in [5, 5.41) is 3.60. The van der Waals surface area contributed by atoms with E-state index in [-0.39, 0.29) is 42.3 Å². The Morgan fingerprint density at radius 3 is 2.59 bits per heavy atom. The molecule has 0 bridgehead atoms.